The number of imidazole rings is 1. The lowest BCUT2D eigenvalue weighted by molar-refractivity contribution is 0.958. The topological polar surface area (TPSA) is 28.7 Å². The van der Waals surface area contributed by atoms with Gasteiger partial charge in [-0.25, -0.2) is 4.98 Å². The maximum absolute atomic E-state index is 4.24. The molecule has 2 heteroatoms. The van der Waals surface area contributed by atoms with Crippen LogP contribution in [0.5, 0.6) is 0 Å². The largest absolute Gasteiger partial charge is 0.345 e. The van der Waals surface area contributed by atoms with E-state index in [1.807, 2.05) is 0 Å². The summed E-state index contributed by atoms with van der Waals surface area (Å²) in [4.78, 5) is 7.40. The summed E-state index contributed by atoms with van der Waals surface area (Å²) in [6, 6.07) is 15.4. The van der Waals surface area contributed by atoms with Crippen LogP contribution in [0.15, 0.2) is 48.8 Å². The van der Waals surface area contributed by atoms with Gasteiger partial charge < -0.3 is 4.98 Å². The van der Waals surface area contributed by atoms with E-state index in [4.69, 9.17) is 0 Å². The number of fused-ring (bicyclic) bond motifs is 1. The number of aromatic amines is 1. The molecule has 0 saturated carbocycles. The molecule has 2 nitrogen and oxygen atoms in total. The molecule has 0 spiro atoms. The summed E-state index contributed by atoms with van der Waals surface area (Å²) in [6.07, 6.45) is 5.01. The molecule has 19 heavy (non-hydrogen) atoms. The summed E-state index contributed by atoms with van der Waals surface area (Å²) in [5, 5.41) is 0. The lowest BCUT2D eigenvalue weighted by atomic mass is 10.0. The highest BCUT2D eigenvalue weighted by molar-refractivity contribution is 5.75. The predicted octanol–water partition coefficient (Wildman–Crippen LogP) is 3.91. The summed E-state index contributed by atoms with van der Waals surface area (Å²) < 4.78 is 0. The minimum atomic E-state index is 1.04. The Morgan fingerprint density at radius 3 is 2.37 bits per heavy atom. The predicted molar refractivity (Wildman–Crippen MR) is 79.3 cm³/mol. The smallest absolute Gasteiger partial charge is 0.0931 e. The second-order valence-electron chi connectivity index (χ2n) is 4.92. The van der Waals surface area contributed by atoms with E-state index in [-0.39, 0.29) is 0 Å². The summed E-state index contributed by atoms with van der Waals surface area (Å²) in [5.41, 5.74) is 6.33. The number of nitrogens with one attached hydrogen (secondary N) is 1. The Morgan fingerprint density at radius 1 is 0.895 bits per heavy atom. The van der Waals surface area contributed by atoms with Crippen LogP contribution >= 0.6 is 0 Å². The molecule has 1 aromatic heterocycles. The molecular weight excluding hydrogens is 232 g/mol. The third kappa shape index (κ3) is 2.68. The standard InChI is InChI=1S/C17H18N2/c1-2-13-3-5-14(6-4-13)7-8-15-9-10-16-17(11-15)19-12-18-16/h3-6,9-12H,2,7-8H2,1H3,(H,18,19). The molecule has 0 unspecified atom stereocenters. The van der Waals surface area contributed by atoms with Gasteiger partial charge in [-0.2, -0.15) is 0 Å². The second-order valence-corrected chi connectivity index (χ2v) is 4.92. The van der Waals surface area contributed by atoms with Gasteiger partial charge in [0.05, 0.1) is 17.4 Å². The van der Waals surface area contributed by atoms with E-state index in [0.29, 0.717) is 0 Å². The summed E-state index contributed by atoms with van der Waals surface area (Å²) in [6.45, 7) is 2.19. The average Bonchev–Trinajstić information content (AvgIpc) is 2.93. The van der Waals surface area contributed by atoms with Gasteiger partial charge in [0.2, 0.25) is 0 Å². The van der Waals surface area contributed by atoms with Crippen LogP contribution in [-0.2, 0) is 19.3 Å². The molecule has 1 heterocycles. The molecule has 0 fully saturated rings. The van der Waals surface area contributed by atoms with Gasteiger partial charge in [0.25, 0.3) is 0 Å². The molecule has 3 rings (SSSR count). The second kappa shape index (κ2) is 5.27. The van der Waals surface area contributed by atoms with E-state index >= 15 is 0 Å². The van der Waals surface area contributed by atoms with Crippen molar-refractivity contribution in [3.05, 3.63) is 65.5 Å². The average molecular weight is 250 g/mol. The van der Waals surface area contributed by atoms with Gasteiger partial charge in [-0.05, 0) is 48.1 Å². The first-order chi connectivity index (χ1) is 9.35. The van der Waals surface area contributed by atoms with Crippen molar-refractivity contribution < 1.29 is 0 Å². The number of aryl methyl sites for hydroxylation is 3. The van der Waals surface area contributed by atoms with Gasteiger partial charge in [-0.15, -0.1) is 0 Å². The maximum atomic E-state index is 4.24. The van der Waals surface area contributed by atoms with Crippen LogP contribution in [0.2, 0.25) is 0 Å². The summed E-state index contributed by atoms with van der Waals surface area (Å²) >= 11 is 0. The van der Waals surface area contributed by atoms with Crippen LogP contribution < -0.4 is 0 Å². The maximum Gasteiger partial charge on any atom is 0.0931 e. The molecule has 96 valence electrons. The molecule has 0 aliphatic carbocycles. The zero-order valence-corrected chi connectivity index (χ0v) is 11.2. The molecule has 0 amide bonds. The number of benzene rings is 2. The van der Waals surface area contributed by atoms with Crippen LogP contribution in [-0.4, -0.2) is 9.97 Å². The zero-order valence-electron chi connectivity index (χ0n) is 11.2. The van der Waals surface area contributed by atoms with E-state index in [9.17, 15) is 0 Å². The van der Waals surface area contributed by atoms with E-state index in [1.165, 1.54) is 16.7 Å². The Balaban J connectivity index is 1.70. The van der Waals surface area contributed by atoms with Gasteiger partial charge in [-0.3, -0.25) is 0 Å². The van der Waals surface area contributed by atoms with Crippen molar-refractivity contribution in [3.63, 3.8) is 0 Å². The molecule has 0 aliphatic rings. The molecule has 0 atom stereocenters. The molecule has 3 aromatic rings. The van der Waals surface area contributed by atoms with E-state index < -0.39 is 0 Å². The number of hydrogen-bond donors (Lipinski definition) is 1. The number of aromatic nitrogens is 2. The van der Waals surface area contributed by atoms with Crippen LogP contribution in [0.4, 0.5) is 0 Å². The molecule has 0 radical (unpaired) electrons. The van der Waals surface area contributed by atoms with Crippen LogP contribution in [0.1, 0.15) is 23.6 Å². The van der Waals surface area contributed by atoms with Gasteiger partial charge in [-0.1, -0.05) is 37.3 Å². The van der Waals surface area contributed by atoms with Crippen molar-refractivity contribution in [2.24, 2.45) is 0 Å². The molecule has 2 aromatic carbocycles. The minimum absolute atomic E-state index is 1.04. The van der Waals surface area contributed by atoms with E-state index in [0.717, 1.165) is 30.3 Å². The Bertz CT molecular complexity index is 665. The third-order valence-electron chi connectivity index (χ3n) is 3.62. The molecule has 0 aliphatic heterocycles. The quantitative estimate of drug-likeness (QED) is 0.747. The molecule has 0 bridgehead atoms. The van der Waals surface area contributed by atoms with Crippen molar-refractivity contribution in [2.75, 3.05) is 0 Å². The fourth-order valence-corrected chi connectivity index (χ4v) is 2.37. The first kappa shape index (κ1) is 12.0. The number of nitrogens with zero attached hydrogens (tertiary/aromatic N) is 1. The first-order valence-electron chi connectivity index (χ1n) is 6.85. The number of rotatable bonds is 4. The van der Waals surface area contributed by atoms with Gasteiger partial charge in [0, 0.05) is 0 Å². The monoisotopic (exact) mass is 250 g/mol. The first-order valence-corrected chi connectivity index (χ1v) is 6.85. The van der Waals surface area contributed by atoms with Crippen LogP contribution in [0, 0.1) is 0 Å². The normalized spacial score (nSPS) is 11.0. The Hall–Kier alpha value is -2.09. The van der Waals surface area contributed by atoms with Crippen molar-refractivity contribution in [3.8, 4) is 0 Å². The SMILES string of the molecule is CCc1ccc(CCc2ccc3nc[nH]c3c2)cc1. The molecular formula is C17H18N2. The Labute approximate surface area is 113 Å². The van der Waals surface area contributed by atoms with Gasteiger partial charge >= 0.3 is 0 Å². The van der Waals surface area contributed by atoms with Gasteiger partial charge in [0.15, 0.2) is 0 Å². The fourth-order valence-electron chi connectivity index (χ4n) is 2.37. The lowest BCUT2D eigenvalue weighted by Crippen LogP contribution is -1.92. The molecule has 1 N–H and O–H groups in total. The minimum Gasteiger partial charge on any atom is -0.345 e. The summed E-state index contributed by atoms with van der Waals surface area (Å²) in [7, 11) is 0. The summed E-state index contributed by atoms with van der Waals surface area (Å²) in [5.74, 6) is 0. The lowest BCUT2D eigenvalue weighted by Gasteiger charge is -2.04. The van der Waals surface area contributed by atoms with Crippen LogP contribution in [0.25, 0.3) is 11.0 Å². The number of H-pyrrole nitrogens is 1. The molecule has 0 saturated heterocycles. The highest BCUT2D eigenvalue weighted by Crippen LogP contribution is 2.14. The van der Waals surface area contributed by atoms with E-state index in [1.54, 1.807) is 6.33 Å². The van der Waals surface area contributed by atoms with Crippen LogP contribution in [0.3, 0.4) is 0 Å². The number of hydrogen-bond acceptors (Lipinski definition) is 1. The highest BCUT2D eigenvalue weighted by atomic mass is 14.9. The van der Waals surface area contributed by atoms with E-state index in [2.05, 4.69) is 59.4 Å². The fraction of sp³-hybridized carbons (Fsp3) is 0.235. The van der Waals surface area contributed by atoms with Crippen molar-refractivity contribution in [1.82, 2.24) is 9.97 Å². The third-order valence-corrected chi connectivity index (χ3v) is 3.62. The van der Waals surface area contributed by atoms with Crippen molar-refractivity contribution in [2.45, 2.75) is 26.2 Å². The van der Waals surface area contributed by atoms with Crippen molar-refractivity contribution >= 4 is 11.0 Å². The zero-order chi connectivity index (χ0) is 13.1. The highest BCUT2D eigenvalue weighted by Gasteiger charge is 2.00. The van der Waals surface area contributed by atoms with Gasteiger partial charge in [0.1, 0.15) is 0 Å². The Kier molecular flexibility index (Phi) is 3.32. The van der Waals surface area contributed by atoms with Crippen molar-refractivity contribution in [1.29, 1.82) is 0 Å². The Morgan fingerprint density at radius 2 is 1.58 bits per heavy atom.